The van der Waals surface area contributed by atoms with E-state index in [-0.39, 0.29) is 22.7 Å². The van der Waals surface area contributed by atoms with Gasteiger partial charge in [0.2, 0.25) is 0 Å². The smallest absolute Gasteiger partial charge is 0.330 e. The van der Waals surface area contributed by atoms with Gasteiger partial charge in [-0.2, -0.15) is 0 Å². The molecular formula is C26H38O3. The molecule has 0 radical (unpaired) electrons. The molecule has 0 spiro atoms. The van der Waals surface area contributed by atoms with E-state index in [4.69, 9.17) is 4.74 Å². The number of hydrogen-bond acceptors (Lipinski definition) is 3. The summed E-state index contributed by atoms with van der Waals surface area (Å²) >= 11 is 0. The molecule has 3 nitrogen and oxygen atoms in total. The molecule has 0 aromatic heterocycles. The van der Waals surface area contributed by atoms with Gasteiger partial charge in [0.05, 0.1) is 12.7 Å². The summed E-state index contributed by atoms with van der Waals surface area (Å²) in [6, 6.07) is 0. The van der Waals surface area contributed by atoms with Crippen molar-refractivity contribution >= 4 is 5.97 Å². The number of esters is 1. The van der Waals surface area contributed by atoms with E-state index in [2.05, 4.69) is 32.9 Å². The molecule has 2 fully saturated rings. The number of methoxy groups -OCH3 is 1. The molecule has 0 unspecified atom stereocenters. The molecule has 4 aliphatic rings. The molecule has 160 valence electrons. The van der Waals surface area contributed by atoms with E-state index < -0.39 is 5.60 Å². The second-order valence-corrected chi connectivity index (χ2v) is 11.0. The molecule has 0 bridgehead atoms. The predicted octanol–water partition coefficient (Wildman–Crippen LogP) is 5.60. The Balaban J connectivity index is 1.57. The van der Waals surface area contributed by atoms with Crippen LogP contribution in [0.2, 0.25) is 0 Å². The highest BCUT2D eigenvalue weighted by Crippen LogP contribution is 2.66. The number of fused-ring (bicyclic) bond motifs is 5. The zero-order valence-corrected chi connectivity index (χ0v) is 18.8. The third kappa shape index (κ3) is 3.34. The molecule has 1 N–H and O–H groups in total. The highest BCUT2D eigenvalue weighted by Gasteiger charge is 2.57. The van der Waals surface area contributed by atoms with E-state index in [9.17, 15) is 9.90 Å². The van der Waals surface area contributed by atoms with Crippen LogP contribution in [0.25, 0.3) is 0 Å². The molecule has 0 saturated heterocycles. The minimum atomic E-state index is -0.523. The summed E-state index contributed by atoms with van der Waals surface area (Å²) in [5.41, 5.74) is 3.03. The van der Waals surface area contributed by atoms with E-state index in [0.29, 0.717) is 5.92 Å². The van der Waals surface area contributed by atoms with Crippen LogP contribution in [-0.2, 0) is 9.53 Å². The van der Waals surface area contributed by atoms with Crippen molar-refractivity contribution in [3.8, 4) is 0 Å². The van der Waals surface area contributed by atoms with Crippen molar-refractivity contribution in [2.24, 2.45) is 34.5 Å². The van der Waals surface area contributed by atoms with E-state index in [1.165, 1.54) is 43.9 Å². The normalized spacial score (nSPS) is 45.0. The number of carbonyl (C=O) groups excluding carboxylic acids is 1. The summed E-state index contributed by atoms with van der Waals surface area (Å²) in [5.74, 6) is 2.17. The molecule has 0 aromatic rings. The predicted molar refractivity (Wildman–Crippen MR) is 116 cm³/mol. The third-order valence-corrected chi connectivity index (χ3v) is 9.23. The maximum atomic E-state index is 11.5. The Morgan fingerprint density at radius 1 is 1.14 bits per heavy atom. The first-order valence-corrected chi connectivity index (χ1v) is 11.5. The topological polar surface area (TPSA) is 46.5 Å². The van der Waals surface area contributed by atoms with Crippen LogP contribution >= 0.6 is 0 Å². The van der Waals surface area contributed by atoms with Gasteiger partial charge >= 0.3 is 5.97 Å². The first-order chi connectivity index (χ1) is 13.6. The van der Waals surface area contributed by atoms with Crippen LogP contribution in [0.1, 0.15) is 72.6 Å². The minimum Gasteiger partial charge on any atom is -0.466 e. The fraction of sp³-hybridized carbons (Fsp3) is 0.731. The Morgan fingerprint density at radius 2 is 1.90 bits per heavy atom. The average molecular weight is 399 g/mol. The van der Waals surface area contributed by atoms with Crippen molar-refractivity contribution in [1.29, 1.82) is 0 Å². The number of hydrogen-bond donors (Lipinski definition) is 1. The second-order valence-electron chi connectivity index (χ2n) is 11.0. The summed E-state index contributed by atoms with van der Waals surface area (Å²) < 4.78 is 4.77. The van der Waals surface area contributed by atoms with Crippen LogP contribution in [0, 0.1) is 34.5 Å². The van der Waals surface area contributed by atoms with Crippen LogP contribution in [0.15, 0.2) is 35.5 Å². The van der Waals surface area contributed by atoms with Gasteiger partial charge in [-0.05, 0) is 86.4 Å². The van der Waals surface area contributed by atoms with Gasteiger partial charge in [0, 0.05) is 6.08 Å². The van der Waals surface area contributed by atoms with Crippen molar-refractivity contribution in [2.45, 2.75) is 78.2 Å². The van der Waals surface area contributed by atoms with Crippen LogP contribution < -0.4 is 0 Å². The molecule has 3 heteroatoms. The van der Waals surface area contributed by atoms with Crippen molar-refractivity contribution in [3.05, 3.63) is 35.5 Å². The quantitative estimate of drug-likeness (QED) is 0.382. The van der Waals surface area contributed by atoms with Crippen LogP contribution in [0.3, 0.4) is 0 Å². The van der Waals surface area contributed by atoms with Crippen molar-refractivity contribution < 1.29 is 14.6 Å². The van der Waals surface area contributed by atoms with Crippen LogP contribution in [0.4, 0.5) is 0 Å². The van der Waals surface area contributed by atoms with Crippen molar-refractivity contribution in [2.75, 3.05) is 7.11 Å². The highest BCUT2D eigenvalue weighted by molar-refractivity contribution is 5.81. The number of aliphatic hydroxyl groups is 1. The lowest BCUT2D eigenvalue weighted by atomic mass is 9.46. The van der Waals surface area contributed by atoms with Gasteiger partial charge < -0.3 is 9.84 Å². The first-order valence-electron chi connectivity index (χ1n) is 11.5. The molecular weight excluding hydrogens is 360 g/mol. The lowest BCUT2D eigenvalue weighted by molar-refractivity contribution is -0.134. The summed E-state index contributed by atoms with van der Waals surface area (Å²) in [7, 11) is 1.43. The molecule has 0 aromatic carbocycles. The fourth-order valence-electron chi connectivity index (χ4n) is 7.51. The summed E-state index contributed by atoms with van der Waals surface area (Å²) in [6.07, 6.45) is 16.3. The molecule has 2 saturated carbocycles. The van der Waals surface area contributed by atoms with Gasteiger partial charge in [0.1, 0.15) is 0 Å². The number of carbonyl (C=O) groups is 1. The van der Waals surface area contributed by atoms with E-state index in [0.717, 1.165) is 31.1 Å². The summed E-state index contributed by atoms with van der Waals surface area (Å²) in [6.45, 7) is 9.18. The molecule has 7 atom stereocenters. The van der Waals surface area contributed by atoms with Crippen LogP contribution in [0.5, 0.6) is 0 Å². The molecule has 4 rings (SSSR count). The monoisotopic (exact) mass is 398 g/mol. The van der Waals surface area contributed by atoms with Gasteiger partial charge in [-0.3, -0.25) is 0 Å². The molecule has 4 aliphatic carbocycles. The second kappa shape index (κ2) is 7.11. The zero-order chi connectivity index (χ0) is 21.0. The van der Waals surface area contributed by atoms with Gasteiger partial charge in [0.25, 0.3) is 0 Å². The largest absolute Gasteiger partial charge is 0.466 e. The van der Waals surface area contributed by atoms with Gasteiger partial charge in [-0.1, -0.05) is 50.1 Å². The Hall–Kier alpha value is -1.35. The van der Waals surface area contributed by atoms with Crippen molar-refractivity contribution in [1.82, 2.24) is 0 Å². The van der Waals surface area contributed by atoms with E-state index in [1.54, 1.807) is 6.08 Å². The lowest BCUT2D eigenvalue weighted by Gasteiger charge is -2.58. The Kier molecular flexibility index (Phi) is 5.13. The molecule has 0 aliphatic heterocycles. The summed E-state index contributed by atoms with van der Waals surface area (Å²) in [4.78, 5) is 11.5. The number of allylic oxidation sites excluding steroid dienone is 4. The Bertz CT molecular complexity index is 773. The van der Waals surface area contributed by atoms with Gasteiger partial charge in [-0.15, -0.1) is 0 Å². The zero-order valence-electron chi connectivity index (χ0n) is 18.8. The van der Waals surface area contributed by atoms with Gasteiger partial charge in [0.15, 0.2) is 0 Å². The van der Waals surface area contributed by atoms with Crippen molar-refractivity contribution in [3.63, 3.8) is 0 Å². The highest BCUT2D eigenvalue weighted by atomic mass is 16.5. The van der Waals surface area contributed by atoms with E-state index >= 15 is 0 Å². The Labute approximate surface area is 176 Å². The maximum absolute atomic E-state index is 11.5. The third-order valence-electron chi connectivity index (χ3n) is 9.23. The average Bonchev–Trinajstić information content (AvgIpc) is 3.03. The maximum Gasteiger partial charge on any atom is 0.330 e. The molecule has 0 amide bonds. The fourth-order valence-corrected chi connectivity index (χ4v) is 7.51. The Morgan fingerprint density at radius 3 is 2.62 bits per heavy atom. The standard InChI is InChI=1S/C26H38O3/c1-17(6-11-23(27)29-5)20-9-10-21-19-8-7-18-16-24(2,28)14-15-25(18,3)22(19)12-13-26(20,21)4/h6-7,9,11,17,19,21-22,28H,8,10,12-16H2,1-5H3/b11-6+/t17-,19+,21+,22+,24+,25+,26-/m1/s1. The number of rotatable bonds is 3. The van der Waals surface area contributed by atoms with Gasteiger partial charge in [-0.25, -0.2) is 4.79 Å². The lowest BCUT2D eigenvalue weighted by Crippen LogP contribution is -2.51. The molecule has 0 heterocycles. The molecule has 29 heavy (non-hydrogen) atoms. The summed E-state index contributed by atoms with van der Waals surface area (Å²) in [5, 5.41) is 10.6. The first kappa shape index (κ1) is 20.9. The van der Waals surface area contributed by atoms with E-state index in [1.807, 2.05) is 13.0 Å². The number of ether oxygens (including phenoxy) is 1. The van der Waals surface area contributed by atoms with Crippen LogP contribution in [-0.4, -0.2) is 23.8 Å². The SMILES string of the molecule is COC(=O)/C=C/[C@@H](C)C1=CC[C@H]2[C@@H]3CC=C4C[C@@](C)(O)CC[C@]4(C)[C@H]3CC[C@]12C. The minimum absolute atomic E-state index is 0.239.